The van der Waals surface area contributed by atoms with E-state index in [9.17, 15) is 4.79 Å². The van der Waals surface area contributed by atoms with Crippen LogP contribution in [0.5, 0.6) is 0 Å². The smallest absolute Gasteiger partial charge is 0.434 e. The molecule has 27 heavy (non-hydrogen) atoms. The van der Waals surface area contributed by atoms with Gasteiger partial charge in [-0.25, -0.2) is 4.79 Å². The number of aryl methyl sites for hydroxylation is 2. The molecule has 146 valence electrons. The second-order valence-electron chi connectivity index (χ2n) is 7.43. The molecule has 0 unspecified atom stereocenters. The fourth-order valence-electron chi connectivity index (χ4n) is 4.13. The Bertz CT molecular complexity index is 773. The lowest BCUT2D eigenvalue weighted by Gasteiger charge is -2.38. The lowest BCUT2D eigenvalue weighted by atomic mass is 9.79. The number of carbonyl (C=O) groups excluding carboxylic acids is 1. The van der Waals surface area contributed by atoms with Gasteiger partial charge in [0.05, 0.1) is 18.2 Å². The predicted octanol–water partition coefficient (Wildman–Crippen LogP) is 4.63. The van der Waals surface area contributed by atoms with E-state index in [0.29, 0.717) is 5.76 Å². The summed E-state index contributed by atoms with van der Waals surface area (Å²) in [5, 5.41) is 3.55. The first-order valence-electron chi connectivity index (χ1n) is 9.57. The molecule has 1 heterocycles. The molecule has 2 aliphatic rings. The highest BCUT2D eigenvalue weighted by molar-refractivity contribution is 5.86. The average molecular weight is 371 g/mol. The average Bonchev–Trinajstić information content (AvgIpc) is 2.89. The van der Waals surface area contributed by atoms with E-state index in [0.717, 1.165) is 53.6 Å². The maximum absolute atomic E-state index is 12.2. The van der Waals surface area contributed by atoms with Crippen molar-refractivity contribution in [2.45, 2.75) is 58.1 Å². The maximum atomic E-state index is 12.2. The SMILES string of the molecule is C=C1NC2(CCC(OC)CC2)C(OC(=O)OCC)=C1c1cc(C)ccc1C. The van der Waals surface area contributed by atoms with Gasteiger partial charge in [-0.15, -0.1) is 0 Å². The summed E-state index contributed by atoms with van der Waals surface area (Å²) in [7, 11) is 1.75. The van der Waals surface area contributed by atoms with Gasteiger partial charge in [0.1, 0.15) is 5.76 Å². The van der Waals surface area contributed by atoms with Crippen LogP contribution in [0.3, 0.4) is 0 Å². The molecule has 1 N–H and O–H groups in total. The van der Waals surface area contributed by atoms with Gasteiger partial charge in [0, 0.05) is 18.4 Å². The van der Waals surface area contributed by atoms with Crippen molar-refractivity contribution in [3.63, 3.8) is 0 Å². The minimum Gasteiger partial charge on any atom is -0.434 e. The molecule has 1 aromatic carbocycles. The van der Waals surface area contributed by atoms with E-state index >= 15 is 0 Å². The van der Waals surface area contributed by atoms with Gasteiger partial charge in [0.2, 0.25) is 0 Å². The molecule has 1 fully saturated rings. The van der Waals surface area contributed by atoms with Crippen LogP contribution in [0.1, 0.15) is 49.3 Å². The Labute approximate surface area is 161 Å². The van der Waals surface area contributed by atoms with Crippen LogP contribution in [0.4, 0.5) is 4.79 Å². The summed E-state index contributed by atoms with van der Waals surface area (Å²) in [6, 6.07) is 6.28. The molecule has 0 saturated heterocycles. The van der Waals surface area contributed by atoms with Crippen LogP contribution in [-0.2, 0) is 14.2 Å². The Balaban J connectivity index is 2.08. The standard InChI is InChI=1S/C22H29NO4/c1-6-26-21(24)27-20-19(18-13-14(2)7-8-15(18)3)16(4)23-22(20)11-9-17(25-5)10-12-22/h7-8,13,17,23H,4,6,9-12H2,1-3,5H3. The van der Waals surface area contributed by atoms with Crippen LogP contribution in [0, 0.1) is 13.8 Å². The monoisotopic (exact) mass is 371 g/mol. The van der Waals surface area contributed by atoms with Gasteiger partial charge in [-0.3, -0.25) is 0 Å². The number of ether oxygens (including phenoxy) is 3. The number of hydrogen-bond donors (Lipinski definition) is 1. The van der Waals surface area contributed by atoms with E-state index in [1.165, 1.54) is 0 Å². The molecular weight excluding hydrogens is 342 g/mol. The Morgan fingerprint density at radius 2 is 2.00 bits per heavy atom. The fourth-order valence-corrected chi connectivity index (χ4v) is 4.13. The third-order valence-corrected chi connectivity index (χ3v) is 5.58. The molecule has 1 spiro atoms. The molecule has 1 saturated carbocycles. The van der Waals surface area contributed by atoms with Crippen molar-refractivity contribution in [3.05, 3.63) is 52.9 Å². The minimum absolute atomic E-state index is 0.235. The van der Waals surface area contributed by atoms with E-state index in [4.69, 9.17) is 14.2 Å². The molecule has 3 rings (SSSR count). The highest BCUT2D eigenvalue weighted by atomic mass is 16.7. The summed E-state index contributed by atoms with van der Waals surface area (Å²) in [6.45, 7) is 10.4. The number of methoxy groups -OCH3 is 1. The van der Waals surface area contributed by atoms with Crippen molar-refractivity contribution in [2.75, 3.05) is 13.7 Å². The van der Waals surface area contributed by atoms with Gasteiger partial charge >= 0.3 is 6.16 Å². The maximum Gasteiger partial charge on any atom is 0.513 e. The number of nitrogens with one attached hydrogen (secondary N) is 1. The lowest BCUT2D eigenvalue weighted by Crippen LogP contribution is -2.47. The number of allylic oxidation sites excluding steroid dienone is 1. The number of carbonyl (C=O) groups is 1. The Morgan fingerprint density at radius 3 is 2.63 bits per heavy atom. The lowest BCUT2D eigenvalue weighted by molar-refractivity contribution is 0.0329. The van der Waals surface area contributed by atoms with Gasteiger partial charge < -0.3 is 19.5 Å². The van der Waals surface area contributed by atoms with Gasteiger partial charge in [0.15, 0.2) is 0 Å². The summed E-state index contributed by atoms with van der Waals surface area (Å²) >= 11 is 0. The third-order valence-electron chi connectivity index (χ3n) is 5.58. The molecule has 0 atom stereocenters. The Hall–Kier alpha value is -2.27. The second-order valence-corrected chi connectivity index (χ2v) is 7.43. The third kappa shape index (κ3) is 3.74. The predicted molar refractivity (Wildman–Crippen MR) is 105 cm³/mol. The van der Waals surface area contributed by atoms with Crippen molar-refractivity contribution in [3.8, 4) is 0 Å². The molecule has 1 aromatic rings. The zero-order valence-corrected chi connectivity index (χ0v) is 16.7. The van der Waals surface area contributed by atoms with Crippen LogP contribution in [-0.4, -0.2) is 31.5 Å². The molecule has 5 nitrogen and oxygen atoms in total. The molecule has 1 aliphatic carbocycles. The topological polar surface area (TPSA) is 56.8 Å². The van der Waals surface area contributed by atoms with Gasteiger partial charge in [-0.1, -0.05) is 30.3 Å². The molecule has 0 radical (unpaired) electrons. The summed E-state index contributed by atoms with van der Waals surface area (Å²) in [6.07, 6.45) is 2.99. The van der Waals surface area contributed by atoms with Gasteiger partial charge in [-0.2, -0.15) is 0 Å². The van der Waals surface area contributed by atoms with E-state index in [-0.39, 0.29) is 12.7 Å². The molecule has 1 aliphatic heterocycles. The Kier molecular flexibility index (Phi) is 5.61. The van der Waals surface area contributed by atoms with Crippen LogP contribution in [0.15, 0.2) is 36.2 Å². The van der Waals surface area contributed by atoms with Crippen molar-refractivity contribution >= 4 is 11.7 Å². The quantitative estimate of drug-likeness (QED) is 0.782. The second kappa shape index (κ2) is 7.77. The van der Waals surface area contributed by atoms with Crippen LogP contribution < -0.4 is 5.32 Å². The zero-order valence-electron chi connectivity index (χ0n) is 16.7. The normalized spacial score (nSPS) is 24.9. The summed E-state index contributed by atoms with van der Waals surface area (Å²) in [4.78, 5) is 12.2. The zero-order chi connectivity index (χ0) is 19.6. The van der Waals surface area contributed by atoms with E-state index in [1.54, 1.807) is 14.0 Å². The van der Waals surface area contributed by atoms with Gasteiger partial charge in [0.25, 0.3) is 0 Å². The fraction of sp³-hybridized carbons (Fsp3) is 0.500. The number of hydrogen-bond acceptors (Lipinski definition) is 5. The van der Waals surface area contributed by atoms with Crippen LogP contribution in [0.25, 0.3) is 5.57 Å². The van der Waals surface area contributed by atoms with Crippen molar-refractivity contribution in [2.24, 2.45) is 0 Å². The van der Waals surface area contributed by atoms with Crippen molar-refractivity contribution in [1.82, 2.24) is 5.32 Å². The number of rotatable bonds is 4. The molecule has 5 heteroatoms. The van der Waals surface area contributed by atoms with Gasteiger partial charge in [-0.05, 0) is 57.6 Å². The molecule has 0 aromatic heterocycles. The first-order chi connectivity index (χ1) is 12.9. The van der Waals surface area contributed by atoms with Crippen LogP contribution >= 0.6 is 0 Å². The Morgan fingerprint density at radius 1 is 1.30 bits per heavy atom. The highest BCUT2D eigenvalue weighted by Gasteiger charge is 2.48. The van der Waals surface area contributed by atoms with Crippen molar-refractivity contribution < 1.29 is 19.0 Å². The van der Waals surface area contributed by atoms with E-state index < -0.39 is 11.7 Å². The molecule has 0 bridgehead atoms. The minimum atomic E-state index is -0.667. The molecule has 0 amide bonds. The summed E-state index contributed by atoms with van der Waals surface area (Å²) in [5.41, 5.74) is 4.53. The van der Waals surface area contributed by atoms with Crippen molar-refractivity contribution in [1.29, 1.82) is 0 Å². The first kappa shape index (κ1) is 19.5. The first-order valence-corrected chi connectivity index (χ1v) is 9.57. The van der Waals surface area contributed by atoms with E-state index in [2.05, 4.69) is 43.9 Å². The van der Waals surface area contributed by atoms with Crippen LogP contribution in [0.2, 0.25) is 0 Å². The summed E-state index contributed by atoms with van der Waals surface area (Å²) < 4.78 is 16.4. The van der Waals surface area contributed by atoms with E-state index in [1.807, 2.05) is 0 Å². The molecular formula is C22H29NO4. The highest BCUT2D eigenvalue weighted by Crippen LogP contribution is 2.47. The summed E-state index contributed by atoms with van der Waals surface area (Å²) in [5.74, 6) is 0.634. The number of benzene rings is 1. The largest absolute Gasteiger partial charge is 0.513 e.